The van der Waals surface area contributed by atoms with Crippen LogP contribution in [0.4, 0.5) is 5.69 Å². The van der Waals surface area contributed by atoms with E-state index in [4.69, 9.17) is 4.74 Å². The van der Waals surface area contributed by atoms with Gasteiger partial charge in [-0.1, -0.05) is 12.1 Å². The van der Waals surface area contributed by atoms with E-state index in [0.717, 1.165) is 30.6 Å². The molecular formula is C17H15NO4. The lowest BCUT2D eigenvalue weighted by Crippen LogP contribution is -2.06. The minimum atomic E-state index is -0.528. The number of aryl methyl sites for hydroxylation is 1. The fourth-order valence-corrected chi connectivity index (χ4v) is 2.64. The zero-order valence-corrected chi connectivity index (χ0v) is 12.0. The van der Waals surface area contributed by atoms with Gasteiger partial charge < -0.3 is 4.74 Å². The lowest BCUT2D eigenvalue weighted by Gasteiger charge is -2.09. The third kappa shape index (κ3) is 2.70. The van der Waals surface area contributed by atoms with Crippen LogP contribution in [0.15, 0.2) is 42.5 Å². The van der Waals surface area contributed by atoms with Crippen molar-refractivity contribution in [2.24, 2.45) is 0 Å². The van der Waals surface area contributed by atoms with Crippen molar-refractivity contribution >= 4 is 11.5 Å². The quantitative estimate of drug-likeness (QED) is 0.493. The number of carbonyl (C=O) groups is 1. The monoisotopic (exact) mass is 297 g/mol. The first-order valence-electron chi connectivity index (χ1n) is 7.20. The van der Waals surface area contributed by atoms with Crippen LogP contribution < -0.4 is 4.74 Å². The van der Waals surface area contributed by atoms with Gasteiger partial charge in [0.15, 0.2) is 5.78 Å². The first-order chi connectivity index (χ1) is 10.7. The zero-order valence-electron chi connectivity index (χ0n) is 12.0. The van der Waals surface area contributed by atoms with Gasteiger partial charge in [-0.3, -0.25) is 14.9 Å². The number of hydrogen-bond donors (Lipinski definition) is 0. The summed E-state index contributed by atoms with van der Waals surface area (Å²) in [4.78, 5) is 23.1. The number of ketones is 1. The second kappa shape index (κ2) is 5.97. The Morgan fingerprint density at radius 2 is 1.95 bits per heavy atom. The molecular weight excluding hydrogens is 282 g/mol. The molecule has 0 atom stereocenters. The van der Waals surface area contributed by atoms with Gasteiger partial charge in [0, 0.05) is 11.6 Å². The largest absolute Gasteiger partial charge is 0.493 e. The van der Waals surface area contributed by atoms with Crippen LogP contribution >= 0.6 is 0 Å². The van der Waals surface area contributed by atoms with E-state index in [1.54, 1.807) is 30.3 Å². The van der Waals surface area contributed by atoms with Crippen molar-refractivity contribution in [3.63, 3.8) is 0 Å². The molecule has 0 aliphatic carbocycles. The molecule has 1 heterocycles. The molecule has 0 amide bonds. The summed E-state index contributed by atoms with van der Waals surface area (Å²) in [6.07, 6.45) is 2.85. The molecule has 5 nitrogen and oxygen atoms in total. The maximum Gasteiger partial charge on any atom is 0.280 e. The van der Waals surface area contributed by atoms with E-state index in [1.807, 2.05) is 0 Å². The molecule has 0 aromatic heterocycles. The van der Waals surface area contributed by atoms with Crippen molar-refractivity contribution in [3.05, 3.63) is 69.3 Å². The number of para-hydroxylation sites is 1. The molecule has 22 heavy (non-hydrogen) atoms. The molecule has 1 aliphatic rings. The minimum absolute atomic E-state index is 0.113. The number of carbonyl (C=O) groups excluding carboxylic acids is 1. The van der Waals surface area contributed by atoms with Crippen molar-refractivity contribution < 1.29 is 14.5 Å². The minimum Gasteiger partial charge on any atom is -0.493 e. The Morgan fingerprint density at radius 3 is 2.77 bits per heavy atom. The third-order valence-corrected chi connectivity index (χ3v) is 3.77. The van der Waals surface area contributed by atoms with Gasteiger partial charge in [-0.25, -0.2) is 0 Å². The van der Waals surface area contributed by atoms with Crippen molar-refractivity contribution in [1.29, 1.82) is 0 Å². The summed E-state index contributed by atoms with van der Waals surface area (Å²) in [5.41, 5.74) is 1.39. The number of ether oxygens (including phenoxy) is 1. The van der Waals surface area contributed by atoms with Gasteiger partial charge in [-0.05, 0) is 49.1 Å². The van der Waals surface area contributed by atoms with E-state index >= 15 is 0 Å². The number of nitro benzene ring substituents is 1. The average Bonchev–Trinajstić information content (AvgIpc) is 2.78. The van der Waals surface area contributed by atoms with Crippen LogP contribution in [0.2, 0.25) is 0 Å². The predicted octanol–water partition coefficient (Wildman–Crippen LogP) is 3.54. The standard InChI is InChI=1S/C17H15NO4/c19-17(14-6-1-2-7-15(14)18(20)21)13-8-9-16-12(11-13)5-3-4-10-22-16/h1-2,6-9,11H,3-5,10H2. The fourth-order valence-electron chi connectivity index (χ4n) is 2.64. The summed E-state index contributed by atoms with van der Waals surface area (Å²) in [6, 6.07) is 11.3. The van der Waals surface area contributed by atoms with Crippen molar-refractivity contribution in [2.45, 2.75) is 19.3 Å². The van der Waals surface area contributed by atoms with E-state index < -0.39 is 4.92 Å². The maximum absolute atomic E-state index is 12.6. The predicted molar refractivity (Wildman–Crippen MR) is 81.4 cm³/mol. The molecule has 2 aromatic carbocycles. The molecule has 1 aliphatic heterocycles. The molecule has 2 aromatic rings. The van der Waals surface area contributed by atoms with Crippen LogP contribution in [-0.4, -0.2) is 17.3 Å². The van der Waals surface area contributed by atoms with Crippen LogP contribution in [-0.2, 0) is 6.42 Å². The topological polar surface area (TPSA) is 69.4 Å². The fraction of sp³-hybridized carbons (Fsp3) is 0.235. The van der Waals surface area contributed by atoms with Crippen molar-refractivity contribution in [2.75, 3.05) is 6.61 Å². The molecule has 0 saturated heterocycles. The van der Waals surface area contributed by atoms with Crippen molar-refractivity contribution in [1.82, 2.24) is 0 Å². The van der Waals surface area contributed by atoms with E-state index in [9.17, 15) is 14.9 Å². The lowest BCUT2D eigenvalue weighted by molar-refractivity contribution is -0.385. The van der Waals surface area contributed by atoms with E-state index in [0.29, 0.717) is 12.2 Å². The highest BCUT2D eigenvalue weighted by atomic mass is 16.6. The van der Waals surface area contributed by atoms with Gasteiger partial charge in [0.1, 0.15) is 11.3 Å². The molecule has 0 fully saturated rings. The lowest BCUT2D eigenvalue weighted by atomic mass is 9.98. The Kier molecular flexibility index (Phi) is 3.87. The Hall–Kier alpha value is -2.69. The Bertz CT molecular complexity index is 739. The molecule has 0 spiro atoms. The second-order valence-electron chi connectivity index (χ2n) is 5.23. The van der Waals surface area contributed by atoms with Gasteiger partial charge in [0.05, 0.1) is 11.5 Å². The number of hydrogen-bond acceptors (Lipinski definition) is 4. The van der Waals surface area contributed by atoms with Gasteiger partial charge in [0.25, 0.3) is 5.69 Å². The molecule has 0 unspecified atom stereocenters. The first kappa shape index (κ1) is 14.3. The molecule has 5 heteroatoms. The number of benzene rings is 2. The number of nitro groups is 1. The summed E-state index contributed by atoms with van der Waals surface area (Å²) in [5.74, 6) is 0.468. The molecule has 112 valence electrons. The summed E-state index contributed by atoms with van der Waals surface area (Å²) in [6.45, 7) is 0.685. The summed E-state index contributed by atoms with van der Waals surface area (Å²) >= 11 is 0. The van der Waals surface area contributed by atoms with Crippen LogP contribution in [0.25, 0.3) is 0 Å². The van der Waals surface area contributed by atoms with Gasteiger partial charge >= 0.3 is 0 Å². The van der Waals surface area contributed by atoms with Gasteiger partial charge in [-0.2, -0.15) is 0 Å². The number of nitrogens with zero attached hydrogens (tertiary/aromatic N) is 1. The van der Waals surface area contributed by atoms with Gasteiger partial charge in [0.2, 0.25) is 0 Å². The normalized spacial score (nSPS) is 13.6. The highest BCUT2D eigenvalue weighted by molar-refractivity contribution is 6.11. The average molecular weight is 297 g/mol. The summed E-state index contributed by atoms with van der Waals surface area (Å²) in [5, 5.41) is 11.1. The highest BCUT2D eigenvalue weighted by Gasteiger charge is 2.21. The molecule has 0 radical (unpaired) electrons. The molecule has 0 bridgehead atoms. The second-order valence-corrected chi connectivity index (χ2v) is 5.23. The highest BCUT2D eigenvalue weighted by Crippen LogP contribution is 2.28. The van der Waals surface area contributed by atoms with Crippen LogP contribution in [0.5, 0.6) is 5.75 Å². The number of rotatable bonds is 3. The van der Waals surface area contributed by atoms with Crippen LogP contribution in [0.1, 0.15) is 34.3 Å². The van der Waals surface area contributed by atoms with Crippen LogP contribution in [0.3, 0.4) is 0 Å². The first-order valence-corrected chi connectivity index (χ1v) is 7.20. The number of fused-ring (bicyclic) bond motifs is 1. The smallest absolute Gasteiger partial charge is 0.280 e. The summed E-state index contributed by atoms with van der Waals surface area (Å²) in [7, 11) is 0. The van der Waals surface area contributed by atoms with Crippen molar-refractivity contribution in [3.8, 4) is 5.75 Å². The Balaban J connectivity index is 2.00. The third-order valence-electron chi connectivity index (χ3n) is 3.77. The van der Waals surface area contributed by atoms with E-state index in [-0.39, 0.29) is 17.0 Å². The van der Waals surface area contributed by atoms with E-state index in [1.165, 1.54) is 12.1 Å². The Morgan fingerprint density at radius 1 is 1.14 bits per heavy atom. The van der Waals surface area contributed by atoms with E-state index in [2.05, 4.69) is 0 Å². The zero-order chi connectivity index (χ0) is 15.5. The molecule has 3 rings (SSSR count). The molecule has 0 N–H and O–H groups in total. The summed E-state index contributed by atoms with van der Waals surface area (Å²) < 4.78 is 5.63. The maximum atomic E-state index is 12.6. The van der Waals surface area contributed by atoms with Gasteiger partial charge in [-0.15, -0.1) is 0 Å². The SMILES string of the molecule is O=C(c1ccc2c(c1)CCCCO2)c1ccccc1[N+](=O)[O-]. The molecule has 0 saturated carbocycles. The Labute approximate surface area is 127 Å². The van der Waals surface area contributed by atoms with Crippen LogP contribution in [0, 0.1) is 10.1 Å².